The second-order valence-corrected chi connectivity index (χ2v) is 6.27. The highest BCUT2D eigenvalue weighted by Gasteiger charge is 2.42. The molecule has 0 aromatic heterocycles. The quantitative estimate of drug-likeness (QED) is 0.627. The maximum atomic E-state index is 11.7. The highest BCUT2D eigenvalue weighted by Crippen LogP contribution is 2.61. The summed E-state index contributed by atoms with van der Waals surface area (Å²) in [5, 5.41) is 12.3. The van der Waals surface area contributed by atoms with Crippen LogP contribution in [0.2, 0.25) is 0 Å². The molecule has 2 aromatic carbocycles. The number of phenolic OH excluding ortho intramolecular Hbond substituents is 1. The van der Waals surface area contributed by atoms with Gasteiger partial charge in [-0.1, -0.05) is 18.2 Å². The lowest BCUT2D eigenvalue weighted by atomic mass is 9.86. The molecule has 2 bridgehead atoms. The lowest BCUT2D eigenvalue weighted by Gasteiger charge is -2.22. The molecule has 1 saturated carbocycles. The summed E-state index contributed by atoms with van der Waals surface area (Å²) in [4.78, 5) is 11.7. The Morgan fingerprint density at radius 2 is 1.95 bits per heavy atom. The van der Waals surface area contributed by atoms with Gasteiger partial charge in [0.05, 0.1) is 7.11 Å². The largest absolute Gasteiger partial charge is 0.513 e. The lowest BCUT2D eigenvalue weighted by molar-refractivity contribution is 0.121. The maximum Gasteiger partial charge on any atom is 0.513 e. The molecule has 0 aliphatic heterocycles. The van der Waals surface area contributed by atoms with E-state index < -0.39 is 6.16 Å². The van der Waals surface area contributed by atoms with E-state index in [1.807, 2.05) is 25.1 Å². The molecule has 0 heterocycles. The van der Waals surface area contributed by atoms with Gasteiger partial charge in [0.15, 0.2) is 0 Å². The fourth-order valence-corrected chi connectivity index (χ4v) is 4.25. The Morgan fingerprint density at radius 3 is 2.68 bits per heavy atom. The van der Waals surface area contributed by atoms with E-state index in [2.05, 4.69) is 4.74 Å². The van der Waals surface area contributed by atoms with E-state index >= 15 is 0 Å². The smallest absolute Gasteiger partial charge is 0.507 e. The number of ether oxygens (including phenoxy) is 2. The van der Waals surface area contributed by atoms with Crippen LogP contribution in [-0.2, 0) is 4.74 Å². The molecule has 0 amide bonds. The molecular formula is C18H18O4. The first kappa shape index (κ1) is 13.4. The van der Waals surface area contributed by atoms with Crippen molar-refractivity contribution in [2.75, 3.05) is 7.11 Å². The Bertz CT molecular complexity index is 794. The van der Waals surface area contributed by atoms with Crippen molar-refractivity contribution in [3.05, 3.63) is 34.9 Å². The van der Waals surface area contributed by atoms with Crippen molar-refractivity contribution in [3.8, 4) is 11.5 Å². The van der Waals surface area contributed by atoms with Crippen molar-refractivity contribution in [3.63, 3.8) is 0 Å². The molecule has 4 heteroatoms. The van der Waals surface area contributed by atoms with Gasteiger partial charge in [0.2, 0.25) is 0 Å². The van der Waals surface area contributed by atoms with Gasteiger partial charge in [-0.2, -0.15) is 0 Å². The highest BCUT2D eigenvalue weighted by atomic mass is 16.7. The molecule has 2 aromatic rings. The first-order valence-corrected chi connectivity index (χ1v) is 7.65. The lowest BCUT2D eigenvalue weighted by Crippen LogP contribution is -2.12. The van der Waals surface area contributed by atoms with Crippen LogP contribution in [0.5, 0.6) is 11.5 Å². The van der Waals surface area contributed by atoms with Crippen LogP contribution < -0.4 is 4.74 Å². The van der Waals surface area contributed by atoms with E-state index in [-0.39, 0.29) is 0 Å². The van der Waals surface area contributed by atoms with Gasteiger partial charge in [0.1, 0.15) is 11.5 Å². The number of benzene rings is 2. The van der Waals surface area contributed by atoms with Gasteiger partial charge in [0.25, 0.3) is 0 Å². The van der Waals surface area contributed by atoms with Crippen LogP contribution in [0.4, 0.5) is 4.79 Å². The summed E-state index contributed by atoms with van der Waals surface area (Å²) in [6.45, 7) is 1.96. The Kier molecular flexibility index (Phi) is 2.83. The first-order valence-electron chi connectivity index (χ1n) is 7.65. The van der Waals surface area contributed by atoms with E-state index in [4.69, 9.17) is 4.74 Å². The molecule has 4 rings (SSSR count). The van der Waals surface area contributed by atoms with Gasteiger partial charge < -0.3 is 14.6 Å². The van der Waals surface area contributed by atoms with Crippen molar-refractivity contribution in [1.82, 2.24) is 0 Å². The number of hydrogen-bond donors (Lipinski definition) is 1. The summed E-state index contributed by atoms with van der Waals surface area (Å²) in [5.41, 5.74) is 2.98. The van der Waals surface area contributed by atoms with Crippen LogP contribution in [0.15, 0.2) is 18.2 Å². The van der Waals surface area contributed by atoms with Crippen LogP contribution in [0.1, 0.15) is 47.8 Å². The average molecular weight is 298 g/mol. The van der Waals surface area contributed by atoms with Gasteiger partial charge in [-0.3, -0.25) is 0 Å². The van der Waals surface area contributed by atoms with Crippen molar-refractivity contribution < 1.29 is 19.4 Å². The summed E-state index contributed by atoms with van der Waals surface area (Å²) in [7, 11) is 1.31. The Balaban J connectivity index is 2.08. The van der Waals surface area contributed by atoms with Crippen molar-refractivity contribution in [2.24, 2.45) is 0 Å². The number of phenols is 1. The second kappa shape index (κ2) is 4.63. The van der Waals surface area contributed by atoms with Crippen LogP contribution in [0.25, 0.3) is 10.8 Å². The minimum atomic E-state index is -0.708. The van der Waals surface area contributed by atoms with Crippen molar-refractivity contribution in [2.45, 2.75) is 38.0 Å². The molecule has 0 saturated heterocycles. The molecule has 1 N–H and O–H groups in total. The minimum Gasteiger partial charge on any atom is -0.507 e. The van der Waals surface area contributed by atoms with Gasteiger partial charge >= 0.3 is 6.16 Å². The van der Waals surface area contributed by atoms with Crippen LogP contribution >= 0.6 is 0 Å². The number of aromatic hydroxyl groups is 1. The second-order valence-electron chi connectivity index (χ2n) is 6.27. The number of carbonyl (C=O) groups is 1. The molecule has 2 atom stereocenters. The molecule has 4 nitrogen and oxygen atoms in total. The van der Waals surface area contributed by atoms with E-state index in [0.29, 0.717) is 23.3 Å². The first-order chi connectivity index (χ1) is 10.6. The minimum absolute atomic E-state index is 0.359. The Hall–Kier alpha value is -2.23. The van der Waals surface area contributed by atoms with Gasteiger partial charge in [-0.15, -0.1) is 0 Å². The number of carbonyl (C=O) groups excluding carboxylic acids is 1. The van der Waals surface area contributed by atoms with Gasteiger partial charge in [-0.25, -0.2) is 4.79 Å². The molecule has 22 heavy (non-hydrogen) atoms. The highest BCUT2D eigenvalue weighted by molar-refractivity contribution is 5.99. The van der Waals surface area contributed by atoms with E-state index in [1.54, 1.807) is 0 Å². The van der Waals surface area contributed by atoms with Crippen LogP contribution in [0, 0.1) is 6.92 Å². The summed E-state index contributed by atoms with van der Waals surface area (Å²) in [5.74, 6) is 1.69. The fraction of sp³-hybridized carbons (Fsp3) is 0.389. The third-order valence-electron chi connectivity index (χ3n) is 5.15. The molecular weight excluding hydrogens is 280 g/mol. The molecule has 114 valence electrons. The zero-order chi connectivity index (χ0) is 15.4. The third kappa shape index (κ3) is 1.67. The molecule has 2 aliphatic carbocycles. The third-order valence-corrected chi connectivity index (χ3v) is 5.15. The number of methoxy groups -OCH3 is 1. The normalized spacial score (nSPS) is 21.9. The summed E-state index contributed by atoms with van der Waals surface area (Å²) < 4.78 is 10.2. The predicted octanol–water partition coefficient (Wildman–Crippen LogP) is 4.36. The Morgan fingerprint density at radius 1 is 1.23 bits per heavy atom. The van der Waals surface area contributed by atoms with Crippen LogP contribution in [0.3, 0.4) is 0 Å². The Labute approximate surface area is 128 Å². The van der Waals surface area contributed by atoms with Crippen molar-refractivity contribution >= 4 is 16.9 Å². The average Bonchev–Trinajstić information content (AvgIpc) is 3.12. The molecule has 2 aliphatic rings. The van der Waals surface area contributed by atoms with Crippen molar-refractivity contribution in [1.29, 1.82) is 0 Å². The zero-order valence-corrected chi connectivity index (χ0v) is 12.7. The molecule has 2 unspecified atom stereocenters. The number of hydrogen-bond acceptors (Lipinski definition) is 4. The van der Waals surface area contributed by atoms with Gasteiger partial charge in [-0.05, 0) is 43.6 Å². The number of fused-ring (bicyclic) bond motifs is 6. The fourth-order valence-electron chi connectivity index (χ4n) is 4.25. The number of rotatable bonds is 1. The molecule has 1 fully saturated rings. The summed E-state index contributed by atoms with van der Waals surface area (Å²) in [6, 6.07) is 5.76. The summed E-state index contributed by atoms with van der Waals surface area (Å²) >= 11 is 0. The SMILES string of the molecule is COC(=O)Oc1c2c(c(O)c3cccc(C)c13)C1CCC2C1. The maximum absolute atomic E-state index is 11.7. The van der Waals surface area contributed by atoms with Crippen LogP contribution in [-0.4, -0.2) is 18.4 Å². The standard InChI is InChI=1S/C18H18O4/c1-9-4-3-5-12-13(9)17(22-18(20)21-2)15-11-7-6-10(8-11)14(15)16(12)19/h3-5,10-11,19H,6-8H2,1-2H3. The topological polar surface area (TPSA) is 55.8 Å². The van der Waals surface area contributed by atoms with E-state index in [9.17, 15) is 9.90 Å². The predicted molar refractivity (Wildman–Crippen MR) is 82.7 cm³/mol. The van der Waals surface area contributed by atoms with E-state index in [1.165, 1.54) is 7.11 Å². The monoisotopic (exact) mass is 298 g/mol. The zero-order valence-electron chi connectivity index (χ0n) is 12.7. The molecule has 0 spiro atoms. The number of aryl methyl sites for hydroxylation is 1. The summed E-state index contributed by atoms with van der Waals surface area (Å²) in [6.07, 6.45) is 2.52. The van der Waals surface area contributed by atoms with E-state index in [0.717, 1.165) is 46.7 Å². The molecule has 0 radical (unpaired) electrons. The van der Waals surface area contributed by atoms with Gasteiger partial charge in [0, 0.05) is 21.9 Å².